The van der Waals surface area contributed by atoms with Crippen LogP contribution in [0.4, 0.5) is 0 Å². The summed E-state index contributed by atoms with van der Waals surface area (Å²) in [4.78, 5) is 16.4. The van der Waals surface area contributed by atoms with Crippen molar-refractivity contribution < 1.29 is 19.4 Å². The second-order valence-corrected chi connectivity index (χ2v) is 8.60. The number of nitrogens with zero attached hydrogens (tertiary/aromatic N) is 2. The van der Waals surface area contributed by atoms with E-state index in [1.165, 1.54) is 0 Å². The van der Waals surface area contributed by atoms with Gasteiger partial charge in [0.2, 0.25) is 0 Å². The maximum absolute atomic E-state index is 11.8. The van der Waals surface area contributed by atoms with Crippen LogP contribution in [0.2, 0.25) is 10.0 Å². The average molecular weight is 499 g/mol. The zero-order valence-electron chi connectivity index (χ0n) is 18.6. The van der Waals surface area contributed by atoms with E-state index < -0.39 is 6.10 Å². The van der Waals surface area contributed by atoms with Crippen LogP contribution < -0.4 is 9.47 Å². The molecule has 0 saturated heterocycles. The predicted molar refractivity (Wildman–Crippen MR) is 133 cm³/mol. The van der Waals surface area contributed by atoms with Crippen molar-refractivity contribution in [2.75, 3.05) is 6.61 Å². The van der Waals surface area contributed by atoms with E-state index in [2.05, 4.69) is 4.98 Å². The van der Waals surface area contributed by atoms with Crippen molar-refractivity contribution in [1.29, 1.82) is 0 Å². The molecule has 1 aromatic heterocycles. The molecule has 0 saturated carbocycles. The Morgan fingerprint density at radius 2 is 1.82 bits per heavy atom. The molecule has 1 N–H and O–H groups in total. The third-order valence-electron chi connectivity index (χ3n) is 5.32. The van der Waals surface area contributed by atoms with Crippen molar-refractivity contribution in [3.05, 3.63) is 88.2 Å². The summed E-state index contributed by atoms with van der Waals surface area (Å²) in [6.07, 6.45) is -0.346. The van der Waals surface area contributed by atoms with E-state index in [1.807, 2.05) is 35.8 Å². The lowest BCUT2D eigenvalue weighted by atomic mass is 10.1. The second-order valence-electron chi connectivity index (χ2n) is 7.76. The Kier molecular flexibility index (Phi) is 7.73. The van der Waals surface area contributed by atoms with Crippen molar-refractivity contribution in [2.45, 2.75) is 32.6 Å². The molecule has 0 radical (unpaired) electrons. The number of rotatable bonds is 10. The minimum absolute atomic E-state index is 0.0770. The van der Waals surface area contributed by atoms with Gasteiger partial charge in [-0.3, -0.25) is 4.79 Å². The highest BCUT2D eigenvalue weighted by molar-refractivity contribution is 6.35. The summed E-state index contributed by atoms with van der Waals surface area (Å²) in [7, 11) is 0. The molecule has 0 aliphatic heterocycles. The quantitative estimate of drug-likeness (QED) is 0.273. The second kappa shape index (κ2) is 10.9. The van der Waals surface area contributed by atoms with Crippen LogP contribution in [0.1, 0.15) is 29.5 Å². The van der Waals surface area contributed by atoms with Gasteiger partial charge in [0, 0.05) is 17.0 Å². The molecule has 3 aromatic carbocycles. The van der Waals surface area contributed by atoms with Gasteiger partial charge in [0.15, 0.2) is 5.78 Å². The van der Waals surface area contributed by atoms with Crippen LogP contribution in [-0.2, 0) is 13.2 Å². The summed E-state index contributed by atoms with van der Waals surface area (Å²) in [6, 6.07) is 19.6. The Morgan fingerprint density at radius 1 is 1.06 bits per heavy atom. The Balaban J connectivity index is 1.45. The van der Waals surface area contributed by atoms with E-state index >= 15 is 0 Å². The number of hydrogen-bond acceptors (Lipinski definition) is 5. The number of aliphatic hydroxyl groups excluding tert-OH is 1. The van der Waals surface area contributed by atoms with Crippen molar-refractivity contribution in [2.24, 2.45) is 0 Å². The molecule has 0 aliphatic carbocycles. The number of aliphatic hydroxyl groups is 1. The number of hydrogen-bond donors (Lipinski definition) is 1. The van der Waals surface area contributed by atoms with Gasteiger partial charge in [-0.25, -0.2) is 4.98 Å². The van der Waals surface area contributed by atoms with Crippen LogP contribution in [0.3, 0.4) is 0 Å². The zero-order valence-corrected chi connectivity index (χ0v) is 20.1. The maximum atomic E-state index is 11.8. The summed E-state index contributed by atoms with van der Waals surface area (Å²) in [5.41, 5.74) is 2.32. The lowest BCUT2D eigenvalue weighted by Gasteiger charge is -2.16. The van der Waals surface area contributed by atoms with E-state index in [0.29, 0.717) is 39.4 Å². The predicted octanol–water partition coefficient (Wildman–Crippen LogP) is 5.95. The van der Waals surface area contributed by atoms with E-state index in [0.717, 1.165) is 11.0 Å². The summed E-state index contributed by atoms with van der Waals surface area (Å²) in [5, 5.41) is 11.6. The first kappa shape index (κ1) is 24.1. The molecule has 0 fully saturated rings. The van der Waals surface area contributed by atoms with Gasteiger partial charge in [0.25, 0.3) is 0 Å². The molecule has 8 heteroatoms. The number of fused-ring (bicyclic) bond motifs is 1. The maximum Gasteiger partial charge on any atom is 0.162 e. The Bertz CT molecular complexity index is 1290. The minimum atomic E-state index is -0.799. The fourth-order valence-electron chi connectivity index (χ4n) is 3.57. The Morgan fingerprint density at radius 3 is 2.56 bits per heavy atom. The van der Waals surface area contributed by atoms with Gasteiger partial charge in [-0.05, 0) is 54.6 Å². The van der Waals surface area contributed by atoms with E-state index in [4.69, 9.17) is 32.7 Å². The highest BCUT2D eigenvalue weighted by atomic mass is 35.5. The molecule has 6 nitrogen and oxygen atoms in total. The van der Waals surface area contributed by atoms with Crippen molar-refractivity contribution >= 4 is 40.0 Å². The molecule has 0 bridgehead atoms. The largest absolute Gasteiger partial charge is 0.491 e. The summed E-state index contributed by atoms with van der Waals surface area (Å²) in [6.45, 7) is 2.33. The zero-order chi connectivity index (χ0) is 24.1. The van der Waals surface area contributed by atoms with Gasteiger partial charge in [0.05, 0.1) is 22.6 Å². The van der Waals surface area contributed by atoms with Crippen LogP contribution in [0, 0.1) is 0 Å². The monoisotopic (exact) mass is 498 g/mol. The fourth-order valence-corrected chi connectivity index (χ4v) is 4.03. The molecule has 0 aliphatic rings. The summed E-state index contributed by atoms with van der Waals surface area (Å²) >= 11 is 12.2. The molecule has 0 spiro atoms. The SMILES string of the molecule is CCC(=O)c1ccc(OCC(O)Cn2c(COc3ccc(Cl)cc3Cl)nc3ccccc32)cc1. The lowest BCUT2D eigenvalue weighted by Crippen LogP contribution is -2.25. The lowest BCUT2D eigenvalue weighted by molar-refractivity contribution is 0.0916. The van der Waals surface area contributed by atoms with Crippen LogP contribution in [0.15, 0.2) is 66.7 Å². The number of carbonyl (C=O) groups is 1. The van der Waals surface area contributed by atoms with Gasteiger partial charge < -0.3 is 19.1 Å². The molecular weight excluding hydrogens is 475 g/mol. The standard InChI is InChI=1S/C26H24Cl2N2O4/c1-2-24(32)17-7-10-20(11-8-17)33-15-19(31)14-30-23-6-4-3-5-22(23)29-26(30)16-34-25-12-9-18(27)13-21(25)28/h3-13,19,31H,2,14-16H2,1H3. The average Bonchev–Trinajstić information content (AvgIpc) is 3.19. The minimum Gasteiger partial charge on any atom is -0.491 e. The molecule has 1 atom stereocenters. The molecule has 1 unspecified atom stereocenters. The van der Waals surface area contributed by atoms with Gasteiger partial charge >= 0.3 is 0 Å². The van der Waals surface area contributed by atoms with Gasteiger partial charge in [0.1, 0.15) is 36.6 Å². The number of halogens is 2. The van der Waals surface area contributed by atoms with Crippen LogP contribution in [0.25, 0.3) is 11.0 Å². The van der Waals surface area contributed by atoms with Crippen molar-refractivity contribution in [3.63, 3.8) is 0 Å². The number of ether oxygens (including phenoxy) is 2. The van der Waals surface area contributed by atoms with Crippen molar-refractivity contribution in [1.82, 2.24) is 9.55 Å². The third kappa shape index (κ3) is 5.70. The highest BCUT2D eigenvalue weighted by Crippen LogP contribution is 2.28. The first-order valence-corrected chi connectivity index (χ1v) is 11.7. The molecular formula is C26H24Cl2N2O4. The first-order chi connectivity index (χ1) is 16.4. The first-order valence-electron chi connectivity index (χ1n) is 10.9. The highest BCUT2D eigenvalue weighted by Gasteiger charge is 2.16. The smallest absolute Gasteiger partial charge is 0.162 e. The molecule has 4 rings (SSSR count). The number of ketones is 1. The van der Waals surface area contributed by atoms with Crippen molar-refractivity contribution in [3.8, 4) is 11.5 Å². The number of para-hydroxylation sites is 2. The van der Waals surface area contributed by atoms with Crippen LogP contribution in [-0.4, -0.2) is 33.2 Å². The van der Waals surface area contributed by atoms with E-state index in [9.17, 15) is 9.90 Å². The van der Waals surface area contributed by atoms with Crippen LogP contribution >= 0.6 is 23.2 Å². The molecule has 4 aromatic rings. The number of Topliss-reactive ketones (excluding diaryl/α,β-unsaturated/α-hetero) is 1. The van der Waals surface area contributed by atoms with E-state index in [1.54, 1.807) is 42.5 Å². The van der Waals surface area contributed by atoms with Gasteiger partial charge in [-0.15, -0.1) is 0 Å². The summed E-state index contributed by atoms with van der Waals surface area (Å²) in [5.74, 6) is 1.81. The fraction of sp³-hybridized carbons (Fsp3) is 0.231. The normalized spacial score (nSPS) is 12.0. The Labute approximate surface area is 207 Å². The third-order valence-corrected chi connectivity index (χ3v) is 5.85. The number of benzene rings is 3. The number of carbonyl (C=O) groups excluding carboxylic acids is 1. The Hall–Kier alpha value is -3.06. The van der Waals surface area contributed by atoms with Gasteiger partial charge in [-0.1, -0.05) is 42.3 Å². The molecule has 0 amide bonds. The number of imidazole rings is 1. The topological polar surface area (TPSA) is 73.6 Å². The van der Waals surface area contributed by atoms with Crippen LogP contribution in [0.5, 0.6) is 11.5 Å². The molecule has 34 heavy (non-hydrogen) atoms. The van der Waals surface area contributed by atoms with Gasteiger partial charge in [-0.2, -0.15) is 0 Å². The van der Waals surface area contributed by atoms with E-state index in [-0.39, 0.29) is 25.5 Å². The number of aromatic nitrogens is 2. The molecule has 176 valence electrons. The summed E-state index contributed by atoms with van der Waals surface area (Å²) < 4.78 is 13.5. The molecule has 1 heterocycles.